The Morgan fingerprint density at radius 1 is 1.04 bits per heavy atom. The molecule has 4 rings (SSSR count). The van der Waals surface area contributed by atoms with Crippen LogP contribution in [0.1, 0.15) is 86.0 Å². The van der Waals surface area contributed by atoms with E-state index in [4.69, 9.17) is 12.2 Å². The van der Waals surface area contributed by atoms with Gasteiger partial charge in [-0.2, -0.15) is 0 Å². The summed E-state index contributed by atoms with van der Waals surface area (Å²) < 4.78 is 0. The van der Waals surface area contributed by atoms with Crippen molar-refractivity contribution in [2.45, 2.75) is 97.6 Å². The van der Waals surface area contributed by atoms with Crippen LogP contribution in [0.25, 0.3) is 0 Å². The zero-order valence-electron chi connectivity index (χ0n) is 18.8. The molecule has 0 aromatic carbocycles. The van der Waals surface area contributed by atoms with Gasteiger partial charge in [0.2, 0.25) is 5.91 Å². The second-order valence-corrected chi connectivity index (χ2v) is 12.4. The molecule has 3 aliphatic carbocycles. The molecule has 0 radical (unpaired) electrons. The highest BCUT2D eigenvalue weighted by Gasteiger charge is 2.61. The summed E-state index contributed by atoms with van der Waals surface area (Å²) in [5, 5.41) is 3.29. The molecule has 158 valence electrons. The van der Waals surface area contributed by atoms with Crippen LogP contribution < -0.4 is 5.32 Å². The molecule has 3 saturated carbocycles. The summed E-state index contributed by atoms with van der Waals surface area (Å²) in [7, 11) is 2.24. The van der Waals surface area contributed by atoms with Crippen molar-refractivity contribution in [1.29, 1.82) is 0 Å². The molecule has 4 aliphatic rings. The molecule has 1 aliphatic heterocycles. The van der Waals surface area contributed by atoms with E-state index in [1.807, 2.05) is 0 Å². The number of thiocarbonyl (C=S) groups is 1. The molecule has 1 saturated heterocycles. The van der Waals surface area contributed by atoms with Crippen molar-refractivity contribution in [2.75, 3.05) is 7.05 Å². The summed E-state index contributed by atoms with van der Waals surface area (Å²) in [5.74, 6) is 2.83. The van der Waals surface area contributed by atoms with Crippen LogP contribution in [0.5, 0.6) is 0 Å². The maximum Gasteiger partial charge on any atom is 0.224 e. The molecule has 3 nitrogen and oxygen atoms in total. The van der Waals surface area contributed by atoms with Crippen molar-refractivity contribution < 1.29 is 4.79 Å². The molecule has 0 aromatic heterocycles. The van der Waals surface area contributed by atoms with E-state index in [-0.39, 0.29) is 16.9 Å². The number of fused-ring (bicyclic) bond motifs is 5. The van der Waals surface area contributed by atoms with E-state index >= 15 is 0 Å². The highest BCUT2D eigenvalue weighted by atomic mass is 32.1. The molecule has 4 heteroatoms. The molecule has 0 unspecified atom stereocenters. The lowest BCUT2D eigenvalue weighted by Gasteiger charge is -2.62. The molecule has 0 bridgehead atoms. The van der Waals surface area contributed by atoms with Crippen LogP contribution in [0.3, 0.4) is 0 Å². The smallest absolute Gasteiger partial charge is 0.224 e. The molecule has 0 spiro atoms. The Bertz CT molecular complexity index is 670. The SMILES string of the molecule is CN1C(=S)CC[C@]2(C)[C@H]3CC[C@]4(C)[C@@H](C(=O)NC(C)(C)C)CC[C@H]4[C@@H]3CC[C@@H]12. The summed E-state index contributed by atoms with van der Waals surface area (Å²) in [6.45, 7) is 11.3. The third-order valence-electron chi connectivity index (χ3n) is 9.37. The second-order valence-electron chi connectivity index (χ2n) is 11.9. The van der Waals surface area contributed by atoms with Crippen molar-refractivity contribution in [2.24, 2.45) is 34.5 Å². The summed E-state index contributed by atoms with van der Waals surface area (Å²) in [4.78, 5) is 16.7. The Hall–Kier alpha value is -0.640. The van der Waals surface area contributed by atoms with Gasteiger partial charge in [0, 0.05) is 24.5 Å². The number of carbonyl (C=O) groups excluding carboxylic acids is 1. The van der Waals surface area contributed by atoms with Crippen LogP contribution in [-0.2, 0) is 4.79 Å². The topological polar surface area (TPSA) is 32.3 Å². The first-order valence-electron chi connectivity index (χ1n) is 11.5. The monoisotopic (exact) mass is 404 g/mol. The van der Waals surface area contributed by atoms with Crippen LogP contribution in [0, 0.1) is 34.5 Å². The van der Waals surface area contributed by atoms with E-state index < -0.39 is 0 Å². The number of piperidine rings is 1. The number of likely N-dealkylation sites (tertiary alicyclic amines) is 1. The fraction of sp³-hybridized carbons (Fsp3) is 0.917. The Labute approximate surface area is 177 Å². The minimum Gasteiger partial charge on any atom is -0.366 e. The molecule has 1 amide bonds. The fourth-order valence-electron chi connectivity index (χ4n) is 8.04. The van der Waals surface area contributed by atoms with Crippen LogP contribution in [0.4, 0.5) is 0 Å². The Morgan fingerprint density at radius 3 is 2.39 bits per heavy atom. The maximum atomic E-state index is 13.1. The van der Waals surface area contributed by atoms with E-state index in [0.717, 1.165) is 30.6 Å². The van der Waals surface area contributed by atoms with Crippen LogP contribution in [0.15, 0.2) is 0 Å². The summed E-state index contributed by atoms with van der Waals surface area (Å²) in [6.07, 6.45) is 9.79. The number of hydrogen-bond donors (Lipinski definition) is 1. The lowest BCUT2D eigenvalue weighted by Crippen LogP contribution is -2.61. The minimum absolute atomic E-state index is 0.140. The van der Waals surface area contributed by atoms with Gasteiger partial charge < -0.3 is 10.2 Å². The molecule has 4 fully saturated rings. The predicted octanol–water partition coefficient (Wildman–Crippen LogP) is 5.18. The zero-order valence-corrected chi connectivity index (χ0v) is 19.6. The molecule has 28 heavy (non-hydrogen) atoms. The van der Waals surface area contributed by atoms with Gasteiger partial charge in [-0.05, 0) is 101 Å². The van der Waals surface area contributed by atoms with Gasteiger partial charge in [0.1, 0.15) is 0 Å². The fourth-order valence-corrected chi connectivity index (χ4v) is 8.27. The predicted molar refractivity (Wildman–Crippen MR) is 119 cm³/mol. The van der Waals surface area contributed by atoms with Gasteiger partial charge in [-0.25, -0.2) is 0 Å². The first kappa shape index (κ1) is 20.6. The number of rotatable bonds is 1. The van der Waals surface area contributed by atoms with Crippen LogP contribution in [-0.4, -0.2) is 34.4 Å². The normalized spacial score (nSPS) is 45.9. The number of amides is 1. The van der Waals surface area contributed by atoms with Gasteiger partial charge in [-0.3, -0.25) is 4.79 Å². The third kappa shape index (κ3) is 3.04. The van der Waals surface area contributed by atoms with Crippen molar-refractivity contribution in [3.8, 4) is 0 Å². The molecular weight excluding hydrogens is 364 g/mol. The van der Waals surface area contributed by atoms with Crippen molar-refractivity contribution in [1.82, 2.24) is 10.2 Å². The quantitative estimate of drug-likeness (QED) is 0.611. The number of nitrogens with one attached hydrogen (secondary N) is 1. The van der Waals surface area contributed by atoms with Crippen LogP contribution >= 0.6 is 12.2 Å². The molecule has 7 atom stereocenters. The Kier molecular flexibility index (Phi) is 4.92. The number of carbonyl (C=O) groups is 1. The maximum absolute atomic E-state index is 13.1. The van der Waals surface area contributed by atoms with E-state index in [9.17, 15) is 4.79 Å². The summed E-state index contributed by atoms with van der Waals surface area (Å²) in [6, 6.07) is 0.626. The van der Waals surface area contributed by atoms with Crippen molar-refractivity contribution in [3.63, 3.8) is 0 Å². The number of hydrogen-bond acceptors (Lipinski definition) is 2. The Balaban J connectivity index is 1.57. The first-order valence-corrected chi connectivity index (χ1v) is 12.0. The van der Waals surface area contributed by atoms with Gasteiger partial charge in [0.05, 0.1) is 4.99 Å². The molecule has 1 N–H and O–H groups in total. The van der Waals surface area contributed by atoms with Crippen molar-refractivity contribution >= 4 is 23.1 Å². The lowest BCUT2D eigenvalue weighted by molar-refractivity contribution is -0.137. The first-order chi connectivity index (χ1) is 13.0. The van der Waals surface area contributed by atoms with E-state index in [1.165, 1.54) is 43.5 Å². The highest BCUT2D eigenvalue weighted by Crippen LogP contribution is 2.66. The van der Waals surface area contributed by atoms with E-state index in [2.05, 4.69) is 51.9 Å². The van der Waals surface area contributed by atoms with E-state index in [1.54, 1.807) is 0 Å². The van der Waals surface area contributed by atoms with Gasteiger partial charge in [0.15, 0.2) is 0 Å². The highest BCUT2D eigenvalue weighted by molar-refractivity contribution is 7.80. The second kappa shape index (κ2) is 6.68. The summed E-state index contributed by atoms with van der Waals surface area (Å²) >= 11 is 5.65. The van der Waals surface area contributed by atoms with Crippen LogP contribution in [0.2, 0.25) is 0 Å². The average molecular weight is 405 g/mol. The molecule has 1 heterocycles. The molecule has 0 aromatic rings. The third-order valence-corrected chi connectivity index (χ3v) is 9.86. The van der Waals surface area contributed by atoms with Gasteiger partial charge in [-0.1, -0.05) is 26.1 Å². The van der Waals surface area contributed by atoms with Gasteiger partial charge >= 0.3 is 0 Å². The largest absolute Gasteiger partial charge is 0.366 e. The van der Waals surface area contributed by atoms with Gasteiger partial charge in [0.25, 0.3) is 0 Å². The van der Waals surface area contributed by atoms with Crippen molar-refractivity contribution in [3.05, 3.63) is 0 Å². The minimum atomic E-state index is -0.140. The average Bonchev–Trinajstić information content (AvgIpc) is 2.94. The van der Waals surface area contributed by atoms with E-state index in [0.29, 0.717) is 17.4 Å². The van der Waals surface area contributed by atoms with Gasteiger partial charge in [-0.15, -0.1) is 0 Å². The number of nitrogens with zero attached hydrogens (tertiary/aromatic N) is 1. The zero-order chi connectivity index (χ0) is 20.5. The molecular formula is C24H40N2OS. The standard InChI is InChI=1S/C24H40N2OS/c1-22(2,3)25-21(27)18-9-8-16-15-7-10-19-24(5,14-12-20(28)26(19)6)17(15)11-13-23(16,18)4/h15-19H,7-14H2,1-6H3,(H,25,27)/t15-,16-,17-,18+,19+,23-,24+/m0/s1. The Morgan fingerprint density at radius 2 is 1.71 bits per heavy atom. The summed E-state index contributed by atoms with van der Waals surface area (Å²) in [5.41, 5.74) is 0.446. The lowest BCUT2D eigenvalue weighted by atomic mass is 9.47.